The summed E-state index contributed by atoms with van der Waals surface area (Å²) in [4.78, 5) is 14.0. The maximum absolute atomic E-state index is 12.1. The minimum atomic E-state index is 0.183. The molecule has 0 atom stereocenters. The minimum absolute atomic E-state index is 0.183. The Labute approximate surface area is 165 Å². The molecule has 144 valence electrons. The molecule has 1 heterocycles. The van der Waals surface area contributed by atoms with Crippen molar-refractivity contribution in [3.8, 4) is 5.75 Å². The van der Waals surface area contributed by atoms with Gasteiger partial charge in [0.15, 0.2) is 0 Å². The molecule has 0 radical (unpaired) electrons. The van der Waals surface area contributed by atoms with Gasteiger partial charge in [-0.1, -0.05) is 41.9 Å². The number of morpholine rings is 1. The van der Waals surface area contributed by atoms with Crippen LogP contribution in [-0.2, 0) is 22.7 Å². The molecule has 6 heteroatoms. The van der Waals surface area contributed by atoms with E-state index in [-0.39, 0.29) is 5.91 Å². The first kappa shape index (κ1) is 19.7. The summed E-state index contributed by atoms with van der Waals surface area (Å²) in [7, 11) is 0. The van der Waals surface area contributed by atoms with E-state index in [0.717, 1.165) is 16.9 Å². The van der Waals surface area contributed by atoms with Crippen LogP contribution in [0.25, 0.3) is 0 Å². The number of amides is 1. The Kier molecular flexibility index (Phi) is 7.51. The van der Waals surface area contributed by atoms with Crippen LogP contribution >= 0.6 is 11.6 Å². The molecule has 0 saturated carbocycles. The van der Waals surface area contributed by atoms with E-state index < -0.39 is 0 Å². The molecular weight excluding hydrogens is 364 g/mol. The summed E-state index contributed by atoms with van der Waals surface area (Å²) in [5, 5.41) is 4.03. The molecule has 1 amide bonds. The van der Waals surface area contributed by atoms with Crippen molar-refractivity contribution in [3.63, 3.8) is 0 Å². The summed E-state index contributed by atoms with van der Waals surface area (Å²) in [6, 6.07) is 15.6. The van der Waals surface area contributed by atoms with Crippen molar-refractivity contribution in [3.05, 3.63) is 64.7 Å². The molecule has 0 bridgehead atoms. The van der Waals surface area contributed by atoms with Gasteiger partial charge in [-0.15, -0.1) is 0 Å². The highest BCUT2D eigenvalue weighted by Crippen LogP contribution is 2.19. The number of nitrogens with one attached hydrogen (secondary N) is 1. The zero-order valence-corrected chi connectivity index (χ0v) is 16.1. The fourth-order valence-electron chi connectivity index (χ4n) is 2.92. The number of hydrogen-bond acceptors (Lipinski definition) is 4. The summed E-state index contributed by atoms with van der Waals surface area (Å²) in [5.41, 5.74) is 2.08. The van der Waals surface area contributed by atoms with Crippen LogP contribution in [0.4, 0.5) is 0 Å². The normalized spacial score (nSPS) is 14.2. The second-order valence-corrected chi connectivity index (χ2v) is 6.85. The molecule has 2 aromatic carbocycles. The average molecular weight is 389 g/mol. The van der Waals surface area contributed by atoms with Crippen molar-refractivity contribution >= 4 is 17.5 Å². The Morgan fingerprint density at radius 1 is 1.15 bits per heavy atom. The Balaban J connectivity index is 1.41. The lowest BCUT2D eigenvalue weighted by molar-refractivity contribution is -0.135. The Morgan fingerprint density at radius 3 is 2.78 bits per heavy atom. The molecular formula is C21H25ClN2O3. The Bertz CT molecular complexity index is 748. The lowest BCUT2D eigenvalue weighted by Gasteiger charge is -2.26. The number of halogens is 1. The number of carbonyl (C=O) groups is 1. The number of rotatable bonds is 8. The van der Waals surface area contributed by atoms with Gasteiger partial charge in [0.05, 0.1) is 13.2 Å². The van der Waals surface area contributed by atoms with Gasteiger partial charge < -0.3 is 19.7 Å². The van der Waals surface area contributed by atoms with Crippen molar-refractivity contribution in [1.82, 2.24) is 10.2 Å². The number of carbonyl (C=O) groups excluding carboxylic acids is 1. The number of hydrogen-bond donors (Lipinski definition) is 1. The van der Waals surface area contributed by atoms with Crippen molar-refractivity contribution in [2.24, 2.45) is 0 Å². The van der Waals surface area contributed by atoms with Gasteiger partial charge in [0, 0.05) is 43.2 Å². The van der Waals surface area contributed by atoms with E-state index >= 15 is 0 Å². The third-order valence-electron chi connectivity index (χ3n) is 4.46. The summed E-state index contributed by atoms with van der Waals surface area (Å²) < 4.78 is 11.1. The molecule has 1 aliphatic rings. The van der Waals surface area contributed by atoms with Crippen LogP contribution < -0.4 is 10.1 Å². The summed E-state index contributed by atoms with van der Waals surface area (Å²) in [6.45, 7) is 4.46. The third kappa shape index (κ3) is 6.24. The van der Waals surface area contributed by atoms with Crippen molar-refractivity contribution < 1.29 is 14.3 Å². The summed E-state index contributed by atoms with van der Waals surface area (Å²) >= 11 is 6.16. The highest BCUT2D eigenvalue weighted by atomic mass is 35.5. The smallest absolute Gasteiger partial charge is 0.224 e. The number of benzene rings is 2. The van der Waals surface area contributed by atoms with Crippen LogP contribution in [0, 0.1) is 0 Å². The molecule has 3 rings (SSSR count). The van der Waals surface area contributed by atoms with E-state index in [0.29, 0.717) is 57.4 Å². The Hall–Kier alpha value is -2.08. The largest absolute Gasteiger partial charge is 0.489 e. The quantitative estimate of drug-likeness (QED) is 0.705. The first-order valence-corrected chi connectivity index (χ1v) is 9.61. The van der Waals surface area contributed by atoms with Gasteiger partial charge in [-0.2, -0.15) is 0 Å². The number of nitrogens with zero attached hydrogens (tertiary/aromatic N) is 1. The van der Waals surface area contributed by atoms with Gasteiger partial charge in [0.1, 0.15) is 12.4 Å². The van der Waals surface area contributed by atoms with Gasteiger partial charge in [-0.25, -0.2) is 0 Å². The SMILES string of the molecule is O=C(CCNCc1cccc(OCc2ccccc2Cl)c1)N1CCOCC1. The molecule has 0 unspecified atom stereocenters. The second kappa shape index (κ2) is 10.3. The van der Waals surface area contributed by atoms with Crippen LogP contribution in [0.15, 0.2) is 48.5 Å². The summed E-state index contributed by atoms with van der Waals surface area (Å²) in [5.74, 6) is 0.987. The van der Waals surface area contributed by atoms with E-state index in [1.807, 2.05) is 53.4 Å². The molecule has 5 nitrogen and oxygen atoms in total. The standard InChI is InChI=1S/C21H25ClN2O3/c22-20-7-2-1-5-18(20)16-27-19-6-3-4-17(14-19)15-23-9-8-21(25)24-10-12-26-13-11-24/h1-7,14,23H,8-13,15-16H2. The molecule has 2 aromatic rings. The second-order valence-electron chi connectivity index (χ2n) is 6.45. The van der Waals surface area contributed by atoms with E-state index in [9.17, 15) is 4.79 Å². The lowest BCUT2D eigenvalue weighted by Crippen LogP contribution is -2.41. The van der Waals surface area contributed by atoms with Crippen LogP contribution in [0.3, 0.4) is 0 Å². The molecule has 1 fully saturated rings. The van der Waals surface area contributed by atoms with Crippen LogP contribution in [0.2, 0.25) is 5.02 Å². The monoisotopic (exact) mass is 388 g/mol. The lowest BCUT2D eigenvalue weighted by atomic mass is 10.2. The molecule has 1 saturated heterocycles. The fourth-order valence-corrected chi connectivity index (χ4v) is 3.11. The van der Waals surface area contributed by atoms with Crippen molar-refractivity contribution in [2.45, 2.75) is 19.6 Å². The van der Waals surface area contributed by atoms with Crippen molar-refractivity contribution in [1.29, 1.82) is 0 Å². The van der Waals surface area contributed by atoms with E-state index in [2.05, 4.69) is 5.32 Å². The molecule has 1 N–H and O–H groups in total. The van der Waals surface area contributed by atoms with Gasteiger partial charge >= 0.3 is 0 Å². The third-order valence-corrected chi connectivity index (χ3v) is 4.83. The molecule has 0 spiro atoms. The maximum atomic E-state index is 12.1. The maximum Gasteiger partial charge on any atom is 0.224 e. The van der Waals surface area contributed by atoms with Gasteiger partial charge in [-0.05, 0) is 23.8 Å². The van der Waals surface area contributed by atoms with Crippen LogP contribution in [0.1, 0.15) is 17.5 Å². The molecule has 27 heavy (non-hydrogen) atoms. The predicted octanol–water partition coefficient (Wildman–Crippen LogP) is 3.26. The summed E-state index contributed by atoms with van der Waals surface area (Å²) in [6.07, 6.45) is 0.503. The molecule has 0 aliphatic carbocycles. The first-order valence-electron chi connectivity index (χ1n) is 9.24. The zero-order valence-electron chi connectivity index (χ0n) is 15.3. The van der Waals surface area contributed by atoms with Gasteiger partial charge in [0.2, 0.25) is 5.91 Å². The van der Waals surface area contributed by atoms with Gasteiger partial charge in [0.25, 0.3) is 0 Å². The van der Waals surface area contributed by atoms with Crippen LogP contribution in [0.5, 0.6) is 5.75 Å². The van der Waals surface area contributed by atoms with E-state index in [1.54, 1.807) is 0 Å². The Morgan fingerprint density at radius 2 is 1.96 bits per heavy atom. The highest BCUT2D eigenvalue weighted by molar-refractivity contribution is 6.31. The first-order chi connectivity index (χ1) is 13.2. The zero-order chi connectivity index (χ0) is 18.9. The van der Waals surface area contributed by atoms with Gasteiger partial charge in [-0.3, -0.25) is 4.79 Å². The van der Waals surface area contributed by atoms with E-state index in [1.165, 1.54) is 0 Å². The molecule has 0 aromatic heterocycles. The van der Waals surface area contributed by atoms with Crippen LogP contribution in [-0.4, -0.2) is 43.7 Å². The highest BCUT2D eigenvalue weighted by Gasteiger charge is 2.15. The predicted molar refractivity (Wildman–Crippen MR) is 106 cm³/mol. The minimum Gasteiger partial charge on any atom is -0.489 e. The fraction of sp³-hybridized carbons (Fsp3) is 0.381. The van der Waals surface area contributed by atoms with Crippen molar-refractivity contribution in [2.75, 3.05) is 32.8 Å². The van der Waals surface area contributed by atoms with E-state index in [4.69, 9.17) is 21.1 Å². The topological polar surface area (TPSA) is 50.8 Å². The number of ether oxygens (including phenoxy) is 2. The molecule has 1 aliphatic heterocycles. The average Bonchev–Trinajstić information content (AvgIpc) is 2.71.